The number of nitrogens with one attached hydrogen (secondary N) is 1. The first-order valence-corrected chi connectivity index (χ1v) is 8.05. The molecule has 0 aromatic heterocycles. The molecule has 2 saturated heterocycles. The van der Waals surface area contributed by atoms with E-state index in [0.717, 1.165) is 25.3 Å². The van der Waals surface area contributed by atoms with Crippen LogP contribution in [0, 0.1) is 5.82 Å². The maximum absolute atomic E-state index is 13.1. The minimum atomic E-state index is -0.299. The zero-order chi connectivity index (χ0) is 14.8. The largest absolute Gasteiger partial charge is 0.374 e. The number of morpholine rings is 1. The molecule has 3 unspecified atom stereocenters. The Bertz CT molecular complexity index is 499. The molecule has 3 rings (SSSR count). The topological polar surface area (TPSA) is 24.5 Å². The molecular formula is C16H22ClFN2O. The van der Waals surface area contributed by atoms with Gasteiger partial charge in [-0.25, -0.2) is 4.39 Å². The molecule has 2 aliphatic rings. The van der Waals surface area contributed by atoms with Crippen molar-refractivity contribution in [3.8, 4) is 0 Å². The van der Waals surface area contributed by atoms with Crippen LogP contribution in [0.5, 0.6) is 0 Å². The van der Waals surface area contributed by atoms with Gasteiger partial charge in [0, 0.05) is 30.2 Å². The molecule has 0 bridgehead atoms. The summed E-state index contributed by atoms with van der Waals surface area (Å²) in [4.78, 5) is 2.53. The number of nitrogens with zero attached hydrogens (tertiary/aromatic N) is 1. The van der Waals surface area contributed by atoms with Gasteiger partial charge in [-0.3, -0.25) is 4.90 Å². The highest BCUT2D eigenvalue weighted by Gasteiger charge is 2.32. The average Bonchev–Trinajstić information content (AvgIpc) is 2.92. The fraction of sp³-hybridized carbons (Fsp3) is 0.625. The average molecular weight is 313 g/mol. The molecule has 0 radical (unpaired) electrons. The lowest BCUT2D eigenvalue weighted by molar-refractivity contribution is -0.0477. The van der Waals surface area contributed by atoms with Crippen molar-refractivity contribution in [3.05, 3.63) is 34.6 Å². The van der Waals surface area contributed by atoms with Gasteiger partial charge in [-0.2, -0.15) is 0 Å². The van der Waals surface area contributed by atoms with Crippen molar-refractivity contribution in [1.29, 1.82) is 0 Å². The van der Waals surface area contributed by atoms with E-state index in [0.29, 0.717) is 11.1 Å². The summed E-state index contributed by atoms with van der Waals surface area (Å²) in [6, 6.07) is 5.27. The Morgan fingerprint density at radius 3 is 3.19 bits per heavy atom. The zero-order valence-electron chi connectivity index (χ0n) is 12.3. The summed E-state index contributed by atoms with van der Waals surface area (Å²) >= 11 is 6.10. The molecule has 2 aliphatic heterocycles. The molecule has 0 saturated carbocycles. The van der Waals surface area contributed by atoms with Crippen LogP contribution in [0.3, 0.4) is 0 Å². The van der Waals surface area contributed by atoms with E-state index in [-0.39, 0.29) is 18.0 Å². The van der Waals surface area contributed by atoms with Gasteiger partial charge in [-0.15, -0.1) is 0 Å². The summed E-state index contributed by atoms with van der Waals surface area (Å²) in [5.41, 5.74) is 0.924. The summed E-state index contributed by atoms with van der Waals surface area (Å²) in [6.45, 7) is 5.88. The van der Waals surface area contributed by atoms with Gasteiger partial charge < -0.3 is 10.1 Å². The van der Waals surface area contributed by atoms with Gasteiger partial charge in [0.25, 0.3) is 0 Å². The molecule has 3 atom stereocenters. The van der Waals surface area contributed by atoms with Crippen molar-refractivity contribution in [1.82, 2.24) is 10.2 Å². The second kappa shape index (κ2) is 6.61. The van der Waals surface area contributed by atoms with Crippen molar-refractivity contribution in [3.63, 3.8) is 0 Å². The van der Waals surface area contributed by atoms with E-state index in [1.807, 2.05) is 6.92 Å². The van der Waals surface area contributed by atoms with Crippen LogP contribution >= 0.6 is 11.6 Å². The van der Waals surface area contributed by atoms with E-state index in [4.69, 9.17) is 16.3 Å². The number of rotatable bonds is 4. The van der Waals surface area contributed by atoms with Gasteiger partial charge in [0.2, 0.25) is 0 Å². The molecule has 21 heavy (non-hydrogen) atoms. The summed E-state index contributed by atoms with van der Waals surface area (Å²) in [5.74, 6) is -0.299. The number of halogens is 2. The Labute approximate surface area is 130 Å². The Morgan fingerprint density at radius 1 is 1.52 bits per heavy atom. The van der Waals surface area contributed by atoms with Crippen LogP contribution in [-0.4, -0.2) is 43.3 Å². The normalized spacial score (nSPS) is 27.6. The Kier molecular flexibility index (Phi) is 4.79. The van der Waals surface area contributed by atoms with Gasteiger partial charge in [0.05, 0.1) is 12.7 Å². The number of hydrogen-bond acceptors (Lipinski definition) is 3. The predicted octanol–water partition coefficient (Wildman–Crippen LogP) is 2.99. The number of hydrogen-bond donors (Lipinski definition) is 1. The molecular weight excluding hydrogens is 291 g/mol. The fourth-order valence-corrected chi connectivity index (χ4v) is 3.61. The molecule has 116 valence electrons. The van der Waals surface area contributed by atoms with Gasteiger partial charge in [0.15, 0.2) is 0 Å². The third-order valence-corrected chi connectivity index (χ3v) is 4.87. The minimum Gasteiger partial charge on any atom is -0.374 e. The Morgan fingerprint density at radius 2 is 2.38 bits per heavy atom. The first-order valence-electron chi connectivity index (χ1n) is 7.67. The van der Waals surface area contributed by atoms with Gasteiger partial charge in [0.1, 0.15) is 5.82 Å². The minimum absolute atomic E-state index is 0.0815. The van der Waals surface area contributed by atoms with E-state index in [1.165, 1.54) is 31.5 Å². The second-order valence-corrected chi connectivity index (χ2v) is 6.45. The first kappa shape index (κ1) is 15.2. The molecule has 1 N–H and O–H groups in total. The summed E-state index contributed by atoms with van der Waals surface area (Å²) in [6.07, 6.45) is 2.78. The fourth-order valence-electron chi connectivity index (χ4n) is 3.28. The summed E-state index contributed by atoms with van der Waals surface area (Å²) in [5, 5.41) is 3.92. The van der Waals surface area contributed by atoms with E-state index < -0.39 is 0 Å². The van der Waals surface area contributed by atoms with Crippen molar-refractivity contribution < 1.29 is 9.13 Å². The number of benzene rings is 1. The van der Waals surface area contributed by atoms with Gasteiger partial charge >= 0.3 is 0 Å². The van der Waals surface area contributed by atoms with Crippen molar-refractivity contribution in [2.24, 2.45) is 0 Å². The van der Waals surface area contributed by atoms with Crippen LogP contribution < -0.4 is 5.32 Å². The molecule has 2 fully saturated rings. The van der Waals surface area contributed by atoms with E-state index >= 15 is 0 Å². The maximum atomic E-state index is 13.1. The lowest BCUT2D eigenvalue weighted by Crippen LogP contribution is -2.49. The molecule has 5 heteroatoms. The zero-order valence-corrected chi connectivity index (χ0v) is 13.1. The van der Waals surface area contributed by atoms with Crippen LogP contribution in [0.1, 0.15) is 31.4 Å². The second-order valence-electron chi connectivity index (χ2n) is 6.04. The highest BCUT2D eigenvalue weighted by Crippen LogP contribution is 2.25. The lowest BCUT2D eigenvalue weighted by Gasteiger charge is -2.35. The highest BCUT2D eigenvalue weighted by molar-refractivity contribution is 6.31. The Balaban J connectivity index is 1.52. The van der Waals surface area contributed by atoms with Crippen molar-refractivity contribution in [2.75, 3.05) is 26.2 Å². The van der Waals surface area contributed by atoms with Crippen LogP contribution in [0.15, 0.2) is 18.2 Å². The van der Waals surface area contributed by atoms with E-state index in [9.17, 15) is 4.39 Å². The molecule has 0 spiro atoms. The summed E-state index contributed by atoms with van der Waals surface area (Å²) in [7, 11) is 0. The van der Waals surface area contributed by atoms with E-state index in [2.05, 4.69) is 10.2 Å². The van der Waals surface area contributed by atoms with Crippen LogP contribution in [-0.2, 0) is 4.74 Å². The van der Waals surface area contributed by atoms with Crippen molar-refractivity contribution in [2.45, 2.75) is 38.0 Å². The van der Waals surface area contributed by atoms with Crippen LogP contribution in [0.2, 0.25) is 5.02 Å². The van der Waals surface area contributed by atoms with Gasteiger partial charge in [-0.05, 0) is 44.0 Å². The molecule has 1 aromatic rings. The molecule has 2 heterocycles. The predicted molar refractivity (Wildman–Crippen MR) is 82.2 cm³/mol. The lowest BCUT2D eigenvalue weighted by atomic mass is 10.1. The Hall–Kier alpha value is -0.680. The van der Waals surface area contributed by atoms with Crippen LogP contribution in [0.4, 0.5) is 4.39 Å². The SMILES string of the molecule is CC(NCC1CN2CCCC2CO1)c1ccc(F)cc1Cl. The van der Waals surface area contributed by atoms with Crippen molar-refractivity contribution >= 4 is 11.6 Å². The summed E-state index contributed by atoms with van der Waals surface area (Å²) < 4.78 is 19.0. The van der Waals surface area contributed by atoms with Crippen LogP contribution in [0.25, 0.3) is 0 Å². The standard InChI is InChI=1S/C16H22ClFN2O/c1-11(15-5-4-12(18)7-16(15)17)19-8-14-9-20-6-2-3-13(20)10-21-14/h4-5,7,11,13-14,19H,2-3,6,8-10H2,1H3. The van der Waals surface area contributed by atoms with Gasteiger partial charge in [-0.1, -0.05) is 17.7 Å². The maximum Gasteiger partial charge on any atom is 0.124 e. The number of fused-ring (bicyclic) bond motifs is 1. The molecule has 0 aliphatic carbocycles. The number of ether oxygens (including phenoxy) is 1. The van der Waals surface area contributed by atoms with E-state index in [1.54, 1.807) is 6.07 Å². The third kappa shape index (κ3) is 3.57. The third-order valence-electron chi connectivity index (χ3n) is 4.54. The molecule has 3 nitrogen and oxygen atoms in total. The highest BCUT2D eigenvalue weighted by atomic mass is 35.5. The molecule has 1 aromatic carbocycles. The first-order chi connectivity index (χ1) is 10.1. The quantitative estimate of drug-likeness (QED) is 0.925. The smallest absolute Gasteiger partial charge is 0.124 e. The molecule has 0 amide bonds. The monoisotopic (exact) mass is 312 g/mol.